The highest BCUT2D eigenvalue weighted by atomic mass is 32.2. The Morgan fingerprint density at radius 3 is 2.52 bits per heavy atom. The maximum absolute atomic E-state index is 12.2. The second kappa shape index (κ2) is 6.93. The van der Waals surface area contributed by atoms with Crippen LogP contribution in [0.15, 0.2) is 40.6 Å². The zero-order valence-corrected chi connectivity index (χ0v) is 13.2. The van der Waals surface area contributed by atoms with E-state index in [0.717, 1.165) is 16.2 Å². The molecule has 1 heterocycles. The quantitative estimate of drug-likeness (QED) is 0.819. The zero-order chi connectivity index (χ0) is 15.3. The van der Waals surface area contributed by atoms with Crippen LogP contribution in [0, 0.1) is 0 Å². The highest BCUT2D eigenvalue weighted by molar-refractivity contribution is 7.94. The van der Waals surface area contributed by atoms with Crippen LogP contribution in [0.25, 0.3) is 0 Å². The molecule has 0 atom stereocenters. The molecule has 5 nitrogen and oxygen atoms in total. The highest BCUT2D eigenvalue weighted by Gasteiger charge is 2.16. The summed E-state index contributed by atoms with van der Waals surface area (Å²) in [7, 11) is -3.59. The molecular formula is C14H17NO4S2. The van der Waals surface area contributed by atoms with Gasteiger partial charge in [0.25, 0.3) is 10.0 Å². The number of benzene rings is 1. The Kier molecular flexibility index (Phi) is 5.22. The Balaban J connectivity index is 2.12. The van der Waals surface area contributed by atoms with E-state index in [2.05, 4.69) is 4.72 Å². The Labute approximate surface area is 128 Å². The number of anilines is 1. The van der Waals surface area contributed by atoms with Crippen LogP contribution in [-0.4, -0.2) is 26.7 Å². The molecule has 0 spiro atoms. The van der Waals surface area contributed by atoms with E-state index in [1.165, 1.54) is 0 Å². The van der Waals surface area contributed by atoms with Gasteiger partial charge in [0.15, 0.2) is 0 Å². The summed E-state index contributed by atoms with van der Waals surface area (Å²) < 4.78 is 32.5. The minimum atomic E-state index is -3.59. The molecule has 0 aliphatic carbocycles. The molecule has 0 fully saturated rings. The molecule has 0 bridgehead atoms. The van der Waals surface area contributed by atoms with Crippen molar-refractivity contribution in [2.24, 2.45) is 0 Å². The van der Waals surface area contributed by atoms with Gasteiger partial charge in [0.2, 0.25) is 0 Å². The maximum atomic E-state index is 12.2. The van der Waals surface area contributed by atoms with Crippen molar-refractivity contribution in [1.29, 1.82) is 0 Å². The molecule has 2 aromatic rings. The first-order valence-electron chi connectivity index (χ1n) is 6.50. The van der Waals surface area contributed by atoms with Crippen molar-refractivity contribution in [2.75, 3.05) is 17.9 Å². The lowest BCUT2D eigenvalue weighted by molar-refractivity contribution is 0.300. The normalized spacial score (nSPS) is 11.3. The van der Waals surface area contributed by atoms with Crippen LogP contribution < -0.4 is 9.46 Å². The third kappa shape index (κ3) is 4.20. The number of thiophene rings is 1. The fourth-order valence-electron chi connectivity index (χ4n) is 1.74. The summed E-state index contributed by atoms with van der Waals surface area (Å²) in [6, 6.07) is 10.0. The number of rotatable bonds is 7. The van der Waals surface area contributed by atoms with E-state index < -0.39 is 10.0 Å². The van der Waals surface area contributed by atoms with Crippen LogP contribution >= 0.6 is 11.3 Å². The summed E-state index contributed by atoms with van der Waals surface area (Å²) in [4.78, 5) is 0.838. The van der Waals surface area contributed by atoms with E-state index in [-0.39, 0.29) is 10.8 Å². The first-order chi connectivity index (χ1) is 10.0. The van der Waals surface area contributed by atoms with Gasteiger partial charge in [0, 0.05) is 23.6 Å². The van der Waals surface area contributed by atoms with Crippen molar-refractivity contribution in [2.45, 2.75) is 17.6 Å². The zero-order valence-electron chi connectivity index (χ0n) is 11.6. The fraction of sp³-hybridized carbons (Fsp3) is 0.286. The summed E-state index contributed by atoms with van der Waals surface area (Å²) in [5.74, 6) is 0.696. The summed E-state index contributed by atoms with van der Waals surface area (Å²) >= 11 is 1.16. The lowest BCUT2D eigenvalue weighted by Crippen LogP contribution is -2.11. The third-order valence-corrected chi connectivity index (χ3v) is 5.70. The monoisotopic (exact) mass is 327 g/mol. The van der Waals surface area contributed by atoms with Crippen LogP contribution in [0.2, 0.25) is 0 Å². The van der Waals surface area contributed by atoms with Gasteiger partial charge < -0.3 is 9.84 Å². The van der Waals surface area contributed by atoms with Crippen LogP contribution in [0.3, 0.4) is 0 Å². The number of nitrogens with one attached hydrogen (secondary N) is 1. The van der Waals surface area contributed by atoms with Crippen molar-refractivity contribution in [1.82, 2.24) is 0 Å². The van der Waals surface area contributed by atoms with Crippen LogP contribution in [0.5, 0.6) is 5.75 Å². The number of hydrogen-bond acceptors (Lipinski definition) is 5. The molecule has 7 heteroatoms. The van der Waals surface area contributed by atoms with Gasteiger partial charge >= 0.3 is 0 Å². The molecule has 2 N–H and O–H groups in total. The molecule has 114 valence electrons. The van der Waals surface area contributed by atoms with Gasteiger partial charge in [-0.15, -0.1) is 11.3 Å². The topological polar surface area (TPSA) is 75.6 Å². The van der Waals surface area contributed by atoms with E-state index in [9.17, 15) is 8.42 Å². The second-order valence-corrected chi connectivity index (χ2v) is 7.33. The van der Waals surface area contributed by atoms with Crippen molar-refractivity contribution in [3.63, 3.8) is 0 Å². The molecule has 21 heavy (non-hydrogen) atoms. The third-order valence-electron chi connectivity index (χ3n) is 2.68. The van der Waals surface area contributed by atoms with Gasteiger partial charge in [-0.05, 0) is 43.3 Å². The molecule has 0 aliphatic rings. The molecule has 2 rings (SSSR count). The van der Waals surface area contributed by atoms with Crippen molar-refractivity contribution < 1.29 is 18.3 Å². The van der Waals surface area contributed by atoms with Crippen molar-refractivity contribution in [3.05, 3.63) is 41.3 Å². The van der Waals surface area contributed by atoms with Gasteiger partial charge in [0.1, 0.15) is 9.96 Å². The first-order valence-corrected chi connectivity index (χ1v) is 8.80. The molecular weight excluding hydrogens is 310 g/mol. The number of sulfonamides is 1. The predicted octanol–water partition coefficient (Wildman–Crippen LogP) is 2.48. The number of aliphatic hydroxyl groups excluding tert-OH is 1. The van der Waals surface area contributed by atoms with E-state index in [0.29, 0.717) is 24.5 Å². The van der Waals surface area contributed by atoms with Crippen LogP contribution in [-0.2, 0) is 16.4 Å². The molecule has 0 saturated carbocycles. The summed E-state index contributed by atoms with van der Waals surface area (Å²) in [6.07, 6.45) is 0.462. The predicted molar refractivity (Wildman–Crippen MR) is 83.5 cm³/mol. The SMILES string of the molecule is CCOc1ccc(NS(=O)(=O)c2ccc(CCO)s2)cc1. The second-order valence-electron chi connectivity index (χ2n) is 4.26. The Morgan fingerprint density at radius 2 is 1.90 bits per heavy atom. The highest BCUT2D eigenvalue weighted by Crippen LogP contribution is 2.25. The van der Waals surface area contributed by atoms with E-state index in [4.69, 9.17) is 9.84 Å². The maximum Gasteiger partial charge on any atom is 0.271 e. The van der Waals surface area contributed by atoms with Gasteiger partial charge in [0.05, 0.1) is 6.61 Å². The molecule has 1 aromatic heterocycles. The van der Waals surface area contributed by atoms with Crippen molar-refractivity contribution >= 4 is 27.0 Å². The standard InChI is InChI=1S/C14H17NO4S2/c1-2-19-12-5-3-11(4-6-12)15-21(17,18)14-8-7-13(20-14)9-10-16/h3-8,15-16H,2,9-10H2,1H3. The minimum absolute atomic E-state index is 0.00627. The Bertz CT molecular complexity index is 677. The molecule has 0 saturated heterocycles. The summed E-state index contributed by atoms with van der Waals surface area (Å²) in [5, 5.41) is 8.87. The van der Waals surface area contributed by atoms with Gasteiger partial charge in [-0.25, -0.2) is 8.42 Å². The van der Waals surface area contributed by atoms with E-state index >= 15 is 0 Å². The minimum Gasteiger partial charge on any atom is -0.494 e. The number of aliphatic hydroxyl groups is 1. The summed E-state index contributed by atoms with van der Waals surface area (Å²) in [6.45, 7) is 2.46. The molecule has 0 unspecified atom stereocenters. The summed E-state index contributed by atoms with van der Waals surface area (Å²) in [5.41, 5.74) is 0.482. The van der Waals surface area contributed by atoms with Gasteiger partial charge in [-0.3, -0.25) is 4.72 Å². The first kappa shape index (κ1) is 15.8. The average molecular weight is 327 g/mol. The Hall–Kier alpha value is -1.57. The van der Waals surface area contributed by atoms with Crippen LogP contribution in [0.4, 0.5) is 5.69 Å². The smallest absolute Gasteiger partial charge is 0.271 e. The van der Waals surface area contributed by atoms with Crippen LogP contribution in [0.1, 0.15) is 11.8 Å². The molecule has 0 aliphatic heterocycles. The average Bonchev–Trinajstić information content (AvgIpc) is 2.91. The molecule has 0 radical (unpaired) electrons. The van der Waals surface area contributed by atoms with Gasteiger partial charge in [-0.1, -0.05) is 0 Å². The van der Waals surface area contributed by atoms with E-state index in [1.807, 2.05) is 6.92 Å². The number of hydrogen-bond donors (Lipinski definition) is 2. The fourth-order valence-corrected chi connectivity index (χ4v) is 4.14. The molecule has 0 amide bonds. The van der Waals surface area contributed by atoms with Crippen molar-refractivity contribution in [3.8, 4) is 5.75 Å². The molecule has 1 aromatic carbocycles. The lowest BCUT2D eigenvalue weighted by Gasteiger charge is -2.07. The van der Waals surface area contributed by atoms with Gasteiger partial charge in [-0.2, -0.15) is 0 Å². The largest absolute Gasteiger partial charge is 0.494 e. The lowest BCUT2D eigenvalue weighted by atomic mass is 10.3. The van der Waals surface area contributed by atoms with E-state index in [1.54, 1.807) is 36.4 Å². The number of ether oxygens (including phenoxy) is 1. The Morgan fingerprint density at radius 1 is 1.19 bits per heavy atom.